The van der Waals surface area contributed by atoms with Gasteiger partial charge in [-0.1, -0.05) is 11.6 Å². The molecule has 0 aromatic carbocycles. The summed E-state index contributed by atoms with van der Waals surface area (Å²) in [5.41, 5.74) is 0.959. The Bertz CT molecular complexity index is 327. The molecule has 0 fully saturated rings. The molecule has 0 aliphatic carbocycles. The zero-order valence-electron chi connectivity index (χ0n) is 7.39. The first-order valence-electron chi connectivity index (χ1n) is 3.74. The fraction of sp³-hybridized carbons (Fsp3) is 0.250. The lowest BCUT2D eigenvalue weighted by atomic mass is 10.3. The highest BCUT2D eigenvalue weighted by Crippen LogP contribution is 2.17. The van der Waals surface area contributed by atoms with Crippen LogP contribution in [0.15, 0.2) is 12.3 Å². The van der Waals surface area contributed by atoms with E-state index in [1.165, 1.54) is 6.20 Å². The highest BCUT2D eigenvalue weighted by molar-refractivity contribution is 6.30. The first kappa shape index (κ1) is 9.80. The van der Waals surface area contributed by atoms with Gasteiger partial charge in [-0.15, -0.1) is 0 Å². The van der Waals surface area contributed by atoms with Crippen LogP contribution in [0.25, 0.3) is 0 Å². The Hall–Kier alpha value is -1.29. The summed E-state index contributed by atoms with van der Waals surface area (Å²) in [6.07, 6.45) is 1.44. The Kier molecular flexibility index (Phi) is 3.08. The molecule has 0 aliphatic rings. The summed E-state index contributed by atoms with van der Waals surface area (Å²) in [6.45, 7) is 0. The standard InChI is InChI=1S/C8H10ClN3O/c1-10-6-3-5(9)4-12-7(6)8(13)11-2/h3-4,10H,1-2H3,(H,11,13). The van der Waals surface area contributed by atoms with E-state index in [1.807, 2.05) is 0 Å². The number of carbonyl (C=O) groups excluding carboxylic acids is 1. The predicted octanol–water partition coefficient (Wildman–Crippen LogP) is 1.14. The van der Waals surface area contributed by atoms with Gasteiger partial charge in [0.05, 0.1) is 10.7 Å². The molecule has 1 aromatic heterocycles. The van der Waals surface area contributed by atoms with Crippen molar-refractivity contribution in [3.63, 3.8) is 0 Å². The van der Waals surface area contributed by atoms with Crippen molar-refractivity contribution < 1.29 is 4.79 Å². The normalized spacial score (nSPS) is 9.46. The topological polar surface area (TPSA) is 54.0 Å². The average Bonchev–Trinajstić information content (AvgIpc) is 2.16. The fourth-order valence-corrected chi connectivity index (χ4v) is 1.09. The molecule has 0 unspecified atom stereocenters. The summed E-state index contributed by atoms with van der Waals surface area (Å²) in [4.78, 5) is 15.2. The van der Waals surface area contributed by atoms with Crippen molar-refractivity contribution in [3.05, 3.63) is 23.0 Å². The molecule has 5 heteroatoms. The van der Waals surface area contributed by atoms with E-state index in [1.54, 1.807) is 20.2 Å². The molecule has 0 spiro atoms. The zero-order chi connectivity index (χ0) is 9.84. The number of amides is 1. The van der Waals surface area contributed by atoms with E-state index in [-0.39, 0.29) is 5.91 Å². The molecule has 1 aromatic rings. The number of halogens is 1. The lowest BCUT2D eigenvalue weighted by molar-refractivity contribution is 0.0959. The van der Waals surface area contributed by atoms with Gasteiger partial charge in [-0.2, -0.15) is 0 Å². The summed E-state index contributed by atoms with van der Waals surface area (Å²) >= 11 is 5.71. The second-order valence-corrected chi connectivity index (χ2v) is 2.82. The second kappa shape index (κ2) is 4.09. The molecular weight excluding hydrogens is 190 g/mol. The maximum absolute atomic E-state index is 11.2. The minimum atomic E-state index is -0.235. The minimum Gasteiger partial charge on any atom is -0.386 e. The van der Waals surface area contributed by atoms with E-state index < -0.39 is 0 Å². The Morgan fingerprint density at radius 3 is 2.77 bits per heavy atom. The molecule has 4 nitrogen and oxygen atoms in total. The highest BCUT2D eigenvalue weighted by Gasteiger charge is 2.10. The quantitative estimate of drug-likeness (QED) is 0.751. The lowest BCUT2D eigenvalue weighted by Crippen LogP contribution is -2.20. The molecule has 70 valence electrons. The number of hydrogen-bond acceptors (Lipinski definition) is 3. The summed E-state index contributed by atoms with van der Waals surface area (Å²) in [7, 11) is 3.26. The summed E-state index contributed by atoms with van der Waals surface area (Å²) in [5, 5.41) is 5.83. The Morgan fingerprint density at radius 2 is 2.23 bits per heavy atom. The maximum Gasteiger partial charge on any atom is 0.271 e. The van der Waals surface area contributed by atoms with E-state index in [9.17, 15) is 4.79 Å². The van der Waals surface area contributed by atoms with Gasteiger partial charge in [0, 0.05) is 20.3 Å². The number of carbonyl (C=O) groups is 1. The van der Waals surface area contributed by atoms with Crippen LogP contribution < -0.4 is 10.6 Å². The summed E-state index contributed by atoms with van der Waals surface area (Å²) < 4.78 is 0. The van der Waals surface area contributed by atoms with Crippen LogP contribution in [0.5, 0.6) is 0 Å². The molecule has 1 amide bonds. The Morgan fingerprint density at radius 1 is 1.54 bits per heavy atom. The van der Waals surface area contributed by atoms with Crippen LogP contribution in [0.4, 0.5) is 5.69 Å². The minimum absolute atomic E-state index is 0.235. The molecule has 0 atom stereocenters. The molecule has 0 saturated heterocycles. The zero-order valence-corrected chi connectivity index (χ0v) is 8.14. The van der Waals surface area contributed by atoms with Crippen molar-refractivity contribution in [2.45, 2.75) is 0 Å². The van der Waals surface area contributed by atoms with E-state index in [0.717, 1.165) is 0 Å². The van der Waals surface area contributed by atoms with Crippen LogP contribution in [0.3, 0.4) is 0 Å². The summed E-state index contributed by atoms with van der Waals surface area (Å²) in [6, 6.07) is 1.65. The van der Waals surface area contributed by atoms with Crippen LogP contribution in [0.2, 0.25) is 5.02 Å². The van der Waals surface area contributed by atoms with Crippen molar-refractivity contribution in [2.75, 3.05) is 19.4 Å². The van der Waals surface area contributed by atoms with Gasteiger partial charge in [0.1, 0.15) is 0 Å². The first-order valence-corrected chi connectivity index (χ1v) is 4.12. The molecule has 13 heavy (non-hydrogen) atoms. The van der Waals surface area contributed by atoms with Gasteiger partial charge < -0.3 is 10.6 Å². The first-order chi connectivity index (χ1) is 6.19. The monoisotopic (exact) mass is 199 g/mol. The molecule has 2 N–H and O–H groups in total. The van der Waals surface area contributed by atoms with Crippen molar-refractivity contribution in [3.8, 4) is 0 Å². The maximum atomic E-state index is 11.2. The smallest absolute Gasteiger partial charge is 0.271 e. The molecule has 1 heterocycles. The van der Waals surface area contributed by atoms with Gasteiger partial charge in [0.2, 0.25) is 0 Å². The van der Waals surface area contributed by atoms with Gasteiger partial charge in [-0.3, -0.25) is 4.79 Å². The van der Waals surface area contributed by atoms with Crippen LogP contribution in [-0.2, 0) is 0 Å². The van der Waals surface area contributed by atoms with E-state index in [0.29, 0.717) is 16.4 Å². The highest BCUT2D eigenvalue weighted by atomic mass is 35.5. The molecule has 0 aliphatic heterocycles. The third-order valence-corrected chi connectivity index (χ3v) is 1.77. The van der Waals surface area contributed by atoms with Crippen molar-refractivity contribution >= 4 is 23.2 Å². The summed E-state index contributed by atoms with van der Waals surface area (Å²) in [5.74, 6) is -0.235. The van der Waals surface area contributed by atoms with Crippen molar-refractivity contribution in [1.29, 1.82) is 0 Å². The number of rotatable bonds is 2. The average molecular weight is 200 g/mol. The van der Waals surface area contributed by atoms with Crippen LogP contribution in [-0.4, -0.2) is 25.0 Å². The molecular formula is C8H10ClN3O. The number of nitrogens with one attached hydrogen (secondary N) is 2. The molecule has 0 saturated carbocycles. The molecule has 0 radical (unpaired) electrons. The number of aromatic nitrogens is 1. The van der Waals surface area contributed by atoms with Gasteiger partial charge in [-0.05, 0) is 6.07 Å². The van der Waals surface area contributed by atoms with Gasteiger partial charge in [-0.25, -0.2) is 4.98 Å². The third-order valence-electron chi connectivity index (χ3n) is 1.57. The SMILES string of the molecule is CNC(=O)c1ncc(Cl)cc1NC. The van der Waals surface area contributed by atoms with E-state index >= 15 is 0 Å². The lowest BCUT2D eigenvalue weighted by Gasteiger charge is -2.06. The molecule has 1 rings (SSSR count). The van der Waals surface area contributed by atoms with E-state index in [4.69, 9.17) is 11.6 Å². The second-order valence-electron chi connectivity index (χ2n) is 2.38. The van der Waals surface area contributed by atoms with Crippen LogP contribution >= 0.6 is 11.6 Å². The van der Waals surface area contributed by atoms with Gasteiger partial charge in [0.15, 0.2) is 5.69 Å². The number of hydrogen-bond donors (Lipinski definition) is 2. The van der Waals surface area contributed by atoms with Crippen LogP contribution in [0, 0.1) is 0 Å². The predicted molar refractivity (Wildman–Crippen MR) is 52.2 cm³/mol. The largest absolute Gasteiger partial charge is 0.386 e. The van der Waals surface area contributed by atoms with Crippen molar-refractivity contribution in [1.82, 2.24) is 10.3 Å². The van der Waals surface area contributed by atoms with E-state index in [2.05, 4.69) is 15.6 Å². The third kappa shape index (κ3) is 2.09. The Labute approximate surface area is 81.3 Å². The van der Waals surface area contributed by atoms with Gasteiger partial charge in [0.25, 0.3) is 5.91 Å². The molecule has 0 bridgehead atoms. The number of nitrogens with zero attached hydrogens (tertiary/aromatic N) is 1. The number of pyridine rings is 1. The van der Waals surface area contributed by atoms with Crippen LogP contribution in [0.1, 0.15) is 10.5 Å². The van der Waals surface area contributed by atoms with Gasteiger partial charge >= 0.3 is 0 Å². The number of anilines is 1. The Balaban J connectivity index is 3.13. The van der Waals surface area contributed by atoms with Crippen molar-refractivity contribution in [2.24, 2.45) is 0 Å². The fourth-order valence-electron chi connectivity index (χ4n) is 0.929.